The molecule has 27 heavy (non-hydrogen) atoms. The monoisotopic (exact) mass is 384 g/mol. The second kappa shape index (κ2) is 7.98. The van der Waals surface area contributed by atoms with Gasteiger partial charge in [0.1, 0.15) is 0 Å². The Balaban J connectivity index is 1.75. The van der Waals surface area contributed by atoms with Crippen LogP contribution < -0.4 is 10.6 Å². The molecule has 2 unspecified atom stereocenters. The third kappa shape index (κ3) is 5.08. The molecule has 4 nitrogen and oxygen atoms in total. The van der Waals surface area contributed by atoms with Gasteiger partial charge in [0.05, 0.1) is 17.3 Å². The number of hydrogen-bond donors (Lipinski definition) is 2. The molecule has 7 heteroatoms. The smallest absolute Gasteiger partial charge is 0.389 e. The molecule has 0 aromatic heterocycles. The van der Waals surface area contributed by atoms with Gasteiger partial charge in [-0.1, -0.05) is 25.3 Å². The average Bonchev–Trinajstić information content (AvgIpc) is 3.40. The van der Waals surface area contributed by atoms with Gasteiger partial charge in [-0.05, 0) is 49.3 Å². The van der Waals surface area contributed by atoms with Crippen LogP contribution in [-0.4, -0.2) is 29.8 Å². The molecule has 2 aliphatic rings. The predicted molar refractivity (Wildman–Crippen MR) is 98.8 cm³/mol. The molecule has 2 saturated carbocycles. The number of carbonyl (C=O) groups is 1. The second-order valence-electron chi connectivity index (χ2n) is 7.81. The highest BCUT2D eigenvalue weighted by molar-refractivity contribution is 5.76. The van der Waals surface area contributed by atoms with E-state index in [0.717, 1.165) is 36.9 Å². The number of aliphatic carboxylic acids is 1. The van der Waals surface area contributed by atoms with Crippen LogP contribution in [0, 0.1) is 5.92 Å². The number of hydrogen-bond acceptors (Lipinski definition) is 3. The van der Waals surface area contributed by atoms with Crippen LogP contribution in [0.5, 0.6) is 0 Å². The highest BCUT2D eigenvalue weighted by Crippen LogP contribution is 2.48. The van der Waals surface area contributed by atoms with E-state index in [0.29, 0.717) is 18.7 Å². The lowest BCUT2D eigenvalue weighted by Gasteiger charge is -2.37. The summed E-state index contributed by atoms with van der Waals surface area (Å²) in [6.45, 7) is 0.328. The first kappa shape index (κ1) is 19.8. The summed E-state index contributed by atoms with van der Waals surface area (Å²) in [5.74, 6) is -1.15. The quantitative estimate of drug-likeness (QED) is 0.654. The molecule has 0 amide bonds. The van der Waals surface area contributed by atoms with E-state index < -0.39 is 18.6 Å². The van der Waals surface area contributed by atoms with Crippen molar-refractivity contribution in [1.82, 2.24) is 0 Å². The zero-order chi connectivity index (χ0) is 19.6. The Bertz CT molecular complexity index is 672. The number of alkyl halides is 3. The van der Waals surface area contributed by atoms with E-state index in [1.807, 2.05) is 23.1 Å². The maximum absolute atomic E-state index is 12.6. The van der Waals surface area contributed by atoms with Gasteiger partial charge in [-0.3, -0.25) is 4.79 Å². The lowest BCUT2D eigenvalue weighted by molar-refractivity contribution is -0.138. The van der Waals surface area contributed by atoms with Gasteiger partial charge in [0.15, 0.2) is 0 Å². The van der Waals surface area contributed by atoms with Gasteiger partial charge in [0.25, 0.3) is 0 Å². The minimum atomic E-state index is -4.15. The molecule has 0 spiro atoms. The Hall–Kier alpha value is -1.92. The Kier molecular flexibility index (Phi) is 5.86. The van der Waals surface area contributed by atoms with Crippen molar-refractivity contribution in [2.45, 2.75) is 69.5 Å². The molecule has 2 aliphatic carbocycles. The van der Waals surface area contributed by atoms with Crippen molar-refractivity contribution >= 4 is 17.3 Å². The summed E-state index contributed by atoms with van der Waals surface area (Å²) >= 11 is 0. The SMILES string of the molecule is Nc1cc(C2CC2C(=O)O)ccc1N(CCCC(F)(F)F)C1CCCCC1. The van der Waals surface area contributed by atoms with Crippen molar-refractivity contribution < 1.29 is 23.1 Å². The maximum atomic E-state index is 12.6. The molecule has 1 aromatic rings. The lowest BCUT2D eigenvalue weighted by atomic mass is 9.93. The molecular formula is C20H27F3N2O2. The number of nitrogens with two attached hydrogens (primary N) is 1. The summed E-state index contributed by atoms with van der Waals surface area (Å²) < 4.78 is 37.8. The average molecular weight is 384 g/mol. The number of carboxylic acids is 1. The van der Waals surface area contributed by atoms with Crippen LogP contribution in [0.1, 0.15) is 62.8 Å². The van der Waals surface area contributed by atoms with Gasteiger partial charge in [-0.15, -0.1) is 0 Å². The van der Waals surface area contributed by atoms with Crippen LogP contribution in [0.2, 0.25) is 0 Å². The first-order chi connectivity index (χ1) is 12.8. The zero-order valence-electron chi connectivity index (χ0n) is 15.3. The Morgan fingerprint density at radius 1 is 1.22 bits per heavy atom. The maximum Gasteiger partial charge on any atom is 0.389 e. The van der Waals surface area contributed by atoms with E-state index in [-0.39, 0.29) is 24.3 Å². The van der Waals surface area contributed by atoms with E-state index in [2.05, 4.69) is 0 Å². The summed E-state index contributed by atoms with van der Waals surface area (Å²) in [5.41, 5.74) is 8.47. The summed E-state index contributed by atoms with van der Waals surface area (Å²) in [5, 5.41) is 9.10. The van der Waals surface area contributed by atoms with Gasteiger partial charge >= 0.3 is 12.1 Å². The number of halogens is 3. The van der Waals surface area contributed by atoms with Gasteiger partial charge in [0, 0.05) is 19.0 Å². The minimum absolute atomic E-state index is 0.00721. The van der Waals surface area contributed by atoms with Crippen LogP contribution in [0.4, 0.5) is 24.5 Å². The van der Waals surface area contributed by atoms with Crippen molar-refractivity contribution in [2.75, 3.05) is 17.2 Å². The van der Waals surface area contributed by atoms with Crippen LogP contribution in [0.25, 0.3) is 0 Å². The number of benzene rings is 1. The molecule has 0 bridgehead atoms. The number of anilines is 2. The predicted octanol–water partition coefficient (Wildman–Crippen LogP) is 4.94. The lowest BCUT2D eigenvalue weighted by Crippen LogP contribution is -2.38. The molecule has 1 aromatic carbocycles. The summed E-state index contributed by atoms with van der Waals surface area (Å²) in [7, 11) is 0. The molecular weight excluding hydrogens is 357 g/mol. The number of nitrogen functional groups attached to an aromatic ring is 1. The molecule has 3 N–H and O–H groups in total. The van der Waals surface area contributed by atoms with Crippen LogP contribution in [0.15, 0.2) is 18.2 Å². The van der Waals surface area contributed by atoms with Gasteiger partial charge < -0.3 is 15.7 Å². The summed E-state index contributed by atoms with van der Waals surface area (Å²) in [4.78, 5) is 13.1. The normalized spacial score (nSPS) is 23.2. The van der Waals surface area contributed by atoms with Crippen molar-refractivity contribution in [2.24, 2.45) is 5.92 Å². The Labute approximate surface area is 157 Å². The number of carboxylic acid groups (broad SMARTS) is 1. The van der Waals surface area contributed by atoms with E-state index in [4.69, 9.17) is 10.8 Å². The molecule has 0 heterocycles. The number of rotatable bonds is 7. The second-order valence-corrected chi connectivity index (χ2v) is 7.81. The van der Waals surface area contributed by atoms with Crippen molar-refractivity contribution in [1.29, 1.82) is 0 Å². The van der Waals surface area contributed by atoms with Crippen molar-refractivity contribution in [3.63, 3.8) is 0 Å². The Morgan fingerprint density at radius 3 is 2.48 bits per heavy atom. The van der Waals surface area contributed by atoms with E-state index in [1.54, 1.807) is 0 Å². The molecule has 150 valence electrons. The van der Waals surface area contributed by atoms with E-state index in [9.17, 15) is 18.0 Å². The standard InChI is InChI=1S/C20H27F3N2O2/c21-20(22,23)9-4-10-25(14-5-2-1-3-6-14)18-8-7-13(11-17(18)24)15-12-16(15)19(26)27/h7-8,11,14-16H,1-6,9-10,12,24H2,(H,26,27). The molecule has 2 fully saturated rings. The molecule has 2 atom stereocenters. The fourth-order valence-corrected chi connectivity index (χ4v) is 4.24. The number of nitrogens with zero attached hydrogens (tertiary/aromatic N) is 1. The van der Waals surface area contributed by atoms with Crippen LogP contribution in [0.3, 0.4) is 0 Å². The van der Waals surface area contributed by atoms with Crippen molar-refractivity contribution in [3.8, 4) is 0 Å². The van der Waals surface area contributed by atoms with E-state index >= 15 is 0 Å². The van der Waals surface area contributed by atoms with Crippen molar-refractivity contribution in [3.05, 3.63) is 23.8 Å². The highest BCUT2D eigenvalue weighted by atomic mass is 19.4. The van der Waals surface area contributed by atoms with Gasteiger partial charge in [-0.2, -0.15) is 13.2 Å². The van der Waals surface area contributed by atoms with Gasteiger partial charge in [-0.25, -0.2) is 0 Å². The first-order valence-corrected chi connectivity index (χ1v) is 9.72. The van der Waals surface area contributed by atoms with Crippen LogP contribution in [-0.2, 0) is 4.79 Å². The third-order valence-corrected chi connectivity index (χ3v) is 5.77. The van der Waals surface area contributed by atoms with Crippen LogP contribution >= 0.6 is 0 Å². The third-order valence-electron chi connectivity index (χ3n) is 5.77. The fourth-order valence-electron chi connectivity index (χ4n) is 4.24. The molecule has 0 radical (unpaired) electrons. The summed E-state index contributed by atoms with van der Waals surface area (Å²) in [6.07, 6.45) is 0.994. The largest absolute Gasteiger partial charge is 0.481 e. The zero-order valence-corrected chi connectivity index (χ0v) is 15.3. The first-order valence-electron chi connectivity index (χ1n) is 9.72. The summed E-state index contributed by atoms with van der Waals surface area (Å²) in [6, 6.07) is 5.78. The molecule has 3 rings (SSSR count). The van der Waals surface area contributed by atoms with Gasteiger partial charge in [0.2, 0.25) is 0 Å². The fraction of sp³-hybridized carbons (Fsp3) is 0.650. The molecule has 0 aliphatic heterocycles. The minimum Gasteiger partial charge on any atom is -0.481 e. The molecule has 0 saturated heterocycles. The topological polar surface area (TPSA) is 66.6 Å². The Morgan fingerprint density at radius 2 is 1.93 bits per heavy atom. The highest BCUT2D eigenvalue weighted by Gasteiger charge is 2.44. The van der Waals surface area contributed by atoms with E-state index in [1.165, 1.54) is 6.42 Å².